The molecule has 156 valence electrons. The number of halogens is 1. The van der Waals surface area contributed by atoms with Gasteiger partial charge in [-0.2, -0.15) is 5.26 Å². The molecular weight excluding hydrogens is 399 g/mol. The van der Waals surface area contributed by atoms with Gasteiger partial charge in [0.05, 0.1) is 17.7 Å². The summed E-state index contributed by atoms with van der Waals surface area (Å²) in [6.45, 7) is -0.192. The minimum absolute atomic E-state index is 0.0851. The summed E-state index contributed by atoms with van der Waals surface area (Å²) < 4.78 is 13.7. The van der Waals surface area contributed by atoms with Gasteiger partial charge in [0.15, 0.2) is 0 Å². The molecule has 3 amide bonds. The Labute approximate surface area is 178 Å². The zero-order chi connectivity index (χ0) is 22.2. The Morgan fingerprint density at radius 1 is 0.968 bits per heavy atom. The molecule has 0 saturated heterocycles. The second-order valence-corrected chi connectivity index (χ2v) is 6.60. The van der Waals surface area contributed by atoms with Crippen molar-refractivity contribution in [3.63, 3.8) is 0 Å². The predicted molar refractivity (Wildman–Crippen MR) is 114 cm³/mol. The number of nitrogens with one attached hydrogen (secondary N) is 3. The number of hydrogen-bond donors (Lipinski definition) is 4. The molecule has 0 saturated carbocycles. The number of anilines is 2. The van der Waals surface area contributed by atoms with Gasteiger partial charge in [-0.15, -0.1) is 0 Å². The van der Waals surface area contributed by atoms with E-state index in [4.69, 9.17) is 5.26 Å². The molecule has 3 aromatic rings. The van der Waals surface area contributed by atoms with Crippen LogP contribution in [0.2, 0.25) is 0 Å². The molecule has 0 spiro atoms. The van der Waals surface area contributed by atoms with E-state index in [-0.39, 0.29) is 12.1 Å². The zero-order valence-electron chi connectivity index (χ0n) is 16.3. The standard InChI is InChI=1S/C23H19FN4O3/c24-20-10-2-1-9-19(20)21(29)14-26-23(31)28-18-8-4-6-16(12-18)22(30)27-17-7-3-5-15(11-17)13-25/h1-12,21,29H,14H2,(H,27,30)(H2,26,28,31). The average Bonchev–Trinajstić information content (AvgIpc) is 2.78. The third kappa shape index (κ3) is 5.88. The van der Waals surface area contributed by atoms with Crippen molar-refractivity contribution in [1.29, 1.82) is 5.26 Å². The Hall–Kier alpha value is -4.22. The second kappa shape index (κ2) is 10.0. The summed E-state index contributed by atoms with van der Waals surface area (Å²) in [5.41, 5.74) is 1.63. The molecule has 4 N–H and O–H groups in total. The molecule has 3 aromatic carbocycles. The quantitative estimate of drug-likeness (QED) is 0.487. The van der Waals surface area contributed by atoms with Crippen molar-refractivity contribution >= 4 is 23.3 Å². The van der Waals surface area contributed by atoms with Crippen molar-refractivity contribution in [3.05, 3.63) is 95.3 Å². The van der Waals surface area contributed by atoms with Crippen LogP contribution in [0.1, 0.15) is 27.6 Å². The van der Waals surface area contributed by atoms with Crippen LogP contribution in [-0.2, 0) is 0 Å². The average molecular weight is 418 g/mol. The normalized spacial score (nSPS) is 11.1. The maximum absolute atomic E-state index is 13.7. The molecular formula is C23H19FN4O3. The number of hydrogen-bond acceptors (Lipinski definition) is 4. The van der Waals surface area contributed by atoms with Crippen LogP contribution in [0.4, 0.5) is 20.6 Å². The molecule has 0 bridgehead atoms. The maximum atomic E-state index is 13.7. The molecule has 7 nitrogen and oxygen atoms in total. The smallest absolute Gasteiger partial charge is 0.319 e. The summed E-state index contributed by atoms with van der Waals surface area (Å²) in [5.74, 6) is -0.967. The lowest BCUT2D eigenvalue weighted by Crippen LogP contribution is -2.32. The number of rotatable bonds is 6. The van der Waals surface area contributed by atoms with E-state index in [1.54, 1.807) is 48.5 Å². The number of nitriles is 1. The number of benzene rings is 3. The van der Waals surface area contributed by atoms with Crippen molar-refractivity contribution < 1.29 is 19.1 Å². The van der Waals surface area contributed by atoms with Gasteiger partial charge >= 0.3 is 6.03 Å². The summed E-state index contributed by atoms with van der Waals surface area (Å²) >= 11 is 0. The summed E-state index contributed by atoms with van der Waals surface area (Å²) in [6.07, 6.45) is -1.20. The van der Waals surface area contributed by atoms with E-state index in [0.717, 1.165) is 0 Å². The maximum Gasteiger partial charge on any atom is 0.319 e. The van der Waals surface area contributed by atoms with Gasteiger partial charge in [-0.3, -0.25) is 4.79 Å². The lowest BCUT2D eigenvalue weighted by molar-refractivity contribution is 0.102. The molecule has 0 aromatic heterocycles. The molecule has 0 aliphatic rings. The third-order valence-corrected chi connectivity index (χ3v) is 4.35. The molecule has 0 aliphatic carbocycles. The highest BCUT2D eigenvalue weighted by molar-refractivity contribution is 6.05. The fourth-order valence-corrected chi connectivity index (χ4v) is 2.83. The number of urea groups is 1. The molecule has 0 radical (unpaired) electrons. The van der Waals surface area contributed by atoms with Crippen LogP contribution in [0.3, 0.4) is 0 Å². The van der Waals surface area contributed by atoms with Crippen LogP contribution in [0.15, 0.2) is 72.8 Å². The minimum atomic E-state index is -1.20. The molecule has 0 heterocycles. The highest BCUT2D eigenvalue weighted by atomic mass is 19.1. The number of aliphatic hydroxyl groups excluding tert-OH is 1. The van der Waals surface area contributed by atoms with Crippen LogP contribution < -0.4 is 16.0 Å². The number of nitrogens with zero attached hydrogens (tertiary/aromatic N) is 1. The summed E-state index contributed by atoms with van der Waals surface area (Å²) in [5, 5.41) is 26.7. The molecule has 1 unspecified atom stereocenters. The Kier molecular flexibility index (Phi) is 6.93. The van der Waals surface area contributed by atoms with Gasteiger partial charge in [0.25, 0.3) is 5.91 Å². The first-order valence-electron chi connectivity index (χ1n) is 9.35. The van der Waals surface area contributed by atoms with Gasteiger partial charge in [0.1, 0.15) is 5.82 Å². The van der Waals surface area contributed by atoms with Crippen molar-refractivity contribution in [3.8, 4) is 6.07 Å². The summed E-state index contributed by atoms with van der Waals surface area (Å²) in [7, 11) is 0. The van der Waals surface area contributed by atoms with Crippen molar-refractivity contribution in [1.82, 2.24) is 5.32 Å². The first-order valence-corrected chi connectivity index (χ1v) is 9.35. The number of carbonyl (C=O) groups excluding carboxylic acids is 2. The van der Waals surface area contributed by atoms with Gasteiger partial charge < -0.3 is 21.1 Å². The Morgan fingerprint density at radius 3 is 2.42 bits per heavy atom. The molecule has 0 fully saturated rings. The highest BCUT2D eigenvalue weighted by Crippen LogP contribution is 2.17. The Bertz CT molecular complexity index is 1140. The highest BCUT2D eigenvalue weighted by Gasteiger charge is 2.14. The molecule has 31 heavy (non-hydrogen) atoms. The number of amides is 3. The topological polar surface area (TPSA) is 114 Å². The monoisotopic (exact) mass is 418 g/mol. The van der Waals surface area contributed by atoms with Crippen LogP contribution >= 0.6 is 0 Å². The lowest BCUT2D eigenvalue weighted by atomic mass is 10.1. The first kappa shape index (κ1) is 21.5. The Balaban J connectivity index is 1.58. The van der Waals surface area contributed by atoms with Crippen LogP contribution in [0, 0.1) is 17.1 Å². The Morgan fingerprint density at radius 2 is 1.68 bits per heavy atom. The van der Waals surface area contributed by atoms with E-state index in [1.165, 1.54) is 24.3 Å². The molecule has 1 atom stereocenters. The lowest BCUT2D eigenvalue weighted by Gasteiger charge is -2.14. The van der Waals surface area contributed by atoms with Crippen LogP contribution in [0.25, 0.3) is 0 Å². The zero-order valence-corrected chi connectivity index (χ0v) is 16.3. The van der Waals surface area contributed by atoms with Gasteiger partial charge in [0.2, 0.25) is 0 Å². The number of aliphatic hydroxyl groups is 1. The van der Waals surface area contributed by atoms with Crippen molar-refractivity contribution in [2.45, 2.75) is 6.10 Å². The minimum Gasteiger partial charge on any atom is -0.386 e. The largest absolute Gasteiger partial charge is 0.386 e. The van der Waals surface area contributed by atoms with Crippen molar-refractivity contribution in [2.75, 3.05) is 17.2 Å². The summed E-state index contributed by atoms with van der Waals surface area (Å²) in [4.78, 5) is 24.6. The van der Waals surface area contributed by atoms with Crippen LogP contribution in [0.5, 0.6) is 0 Å². The van der Waals surface area contributed by atoms with E-state index in [2.05, 4.69) is 16.0 Å². The van der Waals surface area contributed by atoms with E-state index >= 15 is 0 Å². The van der Waals surface area contributed by atoms with E-state index in [9.17, 15) is 19.1 Å². The van der Waals surface area contributed by atoms with Gasteiger partial charge in [-0.05, 0) is 42.5 Å². The predicted octanol–water partition coefficient (Wildman–Crippen LogP) is 3.80. The van der Waals surface area contributed by atoms with E-state index < -0.39 is 23.9 Å². The van der Waals surface area contributed by atoms with E-state index in [1.807, 2.05) is 6.07 Å². The number of carbonyl (C=O) groups is 2. The van der Waals surface area contributed by atoms with Crippen LogP contribution in [-0.4, -0.2) is 23.6 Å². The molecule has 0 aliphatic heterocycles. The second-order valence-electron chi connectivity index (χ2n) is 6.60. The molecule has 3 rings (SSSR count). The fraction of sp³-hybridized carbons (Fsp3) is 0.0870. The summed E-state index contributed by atoms with van der Waals surface area (Å²) in [6, 6.07) is 19.9. The van der Waals surface area contributed by atoms with E-state index in [0.29, 0.717) is 22.5 Å². The van der Waals surface area contributed by atoms with Gasteiger partial charge in [-0.25, -0.2) is 9.18 Å². The third-order valence-electron chi connectivity index (χ3n) is 4.35. The molecule has 8 heteroatoms. The van der Waals surface area contributed by atoms with Gasteiger partial charge in [-0.1, -0.05) is 30.3 Å². The SMILES string of the molecule is N#Cc1cccc(NC(=O)c2cccc(NC(=O)NCC(O)c3ccccc3F)c2)c1. The fourth-order valence-electron chi connectivity index (χ4n) is 2.83. The van der Waals surface area contributed by atoms with Crippen molar-refractivity contribution in [2.24, 2.45) is 0 Å². The van der Waals surface area contributed by atoms with Gasteiger partial charge in [0, 0.05) is 29.0 Å². The first-order chi connectivity index (χ1) is 15.0.